The molecule has 19 heavy (non-hydrogen) atoms. The van der Waals surface area contributed by atoms with Gasteiger partial charge in [0.1, 0.15) is 6.04 Å². The van der Waals surface area contributed by atoms with Crippen LogP contribution in [-0.4, -0.2) is 58.5 Å². The number of amides is 1. The summed E-state index contributed by atoms with van der Waals surface area (Å²) in [4.78, 5) is 27.1. The lowest BCUT2D eigenvalue weighted by molar-refractivity contribution is -0.148. The number of piperidine rings is 1. The van der Waals surface area contributed by atoms with Gasteiger partial charge in [-0.15, -0.1) is 0 Å². The number of nitrogens with zero attached hydrogens (tertiary/aromatic N) is 2. The van der Waals surface area contributed by atoms with E-state index in [4.69, 9.17) is 5.11 Å². The smallest absolute Gasteiger partial charge is 0.326 e. The molecule has 0 aliphatic carbocycles. The van der Waals surface area contributed by atoms with Crippen molar-refractivity contribution in [2.75, 3.05) is 19.6 Å². The van der Waals surface area contributed by atoms with Crippen LogP contribution in [0.15, 0.2) is 0 Å². The second-order valence-corrected chi connectivity index (χ2v) is 5.71. The number of carboxylic acid groups (broad SMARTS) is 1. The fourth-order valence-electron chi connectivity index (χ4n) is 3.19. The number of hydrogen-bond acceptors (Lipinski definition) is 3. The van der Waals surface area contributed by atoms with Gasteiger partial charge in [0.2, 0.25) is 5.91 Å². The maximum atomic E-state index is 12.1. The van der Waals surface area contributed by atoms with Crippen molar-refractivity contribution in [2.45, 2.75) is 57.5 Å². The van der Waals surface area contributed by atoms with Crippen LogP contribution in [0, 0.1) is 0 Å². The molecule has 0 aromatic rings. The molecule has 2 saturated heterocycles. The fraction of sp³-hybridized carbons (Fsp3) is 0.857. The van der Waals surface area contributed by atoms with Crippen LogP contribution in [0.1, 0.15) is 45.4 Å². The minimum atomic E-state index is -0.864. The predicted octanol–water partition coefficient (Wildman–Crippen LogP) is 1.33. The van der Waals surface area contributed by atoms with E-state index in [-0.39, 0.29) is 5.91 Å². The molecule has 0 saturated carbocycles. The Kier molecular flexibility index (Phi) is 4.80. The van der Waals surface area contributed by atoms with Crippen LogP contribution in [-0.2, 0) is 9.59 Å². The zero-order valence-electron chi connectivity index (χ0n) is 11.7. The lowest BCUT2D eigenvalue weighted by atomic mass is 10.0. The van der Waals surface area contributed by atoms with Crippen molar-refractivity contribution >= 4 is 11.9 Å². The van der Waals surface area contributed by atoms with E-state index in [1.807, 2.05) is 0 Å². The Labute approximate surface area is 114 Å². The molecule has 2 aliphatic rings. The van der Waals surface area contributed by atoms with Gasteiger partial charge in [-0.05, 0) is 39.2 Å². The summed E-state index contributed by atoms with van der Waals surface area (Å²) in [7, 11) is 0. The van der Waals surface area contributed by atoms with Crippen LogP contribution >= 0.6 is 0 Å². The van der Waals surface area contributed by atoms with Crippen LogP contribution < -0.4 is 0 Å². The Morgan fingerprint density at radius 1 is 1.16 bits per heavy atom. The quantitative estimate of drug-likeness (QED) is 0.835. The zero-order chi connectivity index (χ0) is 13.8. The van der Waals surface area contributed by atoms with Crippen molar-refractivity contribution in [1.82, 2.24) is 9.80 Å². The third kappa shape index (κ3) is 3.47. The van der Waals surface area contributed by atoms with Gasteiger partial charge in [-0.2, -0.15) is 0 Å². The number of aliphatic carboxylic acids is 1. The Morgan fingerprint density at radius 3 is 2.63 bits per heavy atom. The normalized spacial score (nSPS) is 28.6. The summed E-state index contributed by atoms with van der Waals surface area (Å²) in [5.41, 5.74) is 0. The van der Waals surface area contributed by atoms with Crippen LogP contribution in [0.4, 0.5) is 0 Å². The monoisotopic (exact) mass is 268 g/mol. The third-order valence-corrected chi connectivity index (χ3v) is 4.41. The molecule has 2 rings (SSSR count). The molecule has 0 aromatic carbocycles. The van der Waals surface area contributed by atoms with E-state index in [0.29, 0.717) is 25.4 Å². The number of carbonyl (C=O) groups is 2. The molecule has 0 radical (unpaired) electrons. The first-order chi connectivity index (χ1) is 9.09. The first kappa shape index (κ1) is 14.3. The summed E-state index contributed by atoms with van der Waals surface area (Å²) in [5.74, 6) is -0.861. The maximum absolute atomic E-state index is 12.1. The second kappa shape index (κ2) is 6.37. The van der Waals surface area contributed by atoms with Crippen LogP contribution in [0.3, 0.4) is 0 Å². The molecule has 2 unspecified atom stereocenters. The SMILES string of the molecule is CC1CCCCN1CCC(=O)N1CCCC1C(=O)O. The topological polar surface area (TPSA) is 60.9 Å². The van der Waals surface area contributed by atoms with Crippen molar-refractivity contribution in [3.8, 4) is 0 Å². The lowest BCUT2D eigenvalue weighted by Gasteiger charge is -2.33. The molecular weight excluding hydrogens is 244 g/mol. The van der Waals surface area contributed by atoms with Gasteiger partial charge in [0.05, 0.1) is 0 Å². The number of hydrogen-bond donors (Lipinski definition) is 1. The fourth-order valence-corrected chi connectivity index (χ4v) is 3.19. The van der Waals surface area contributed by atoms with Gasteiger partial charge >= 0.3 is 5.97 Å². The largest absolute Gasteiger partial charge is 0.480 e. The highest BCUT2D eigenvalue weighted by Gasteiger charge is 2.33. The lowest BCUT2D eigenvalue weighted by Crippen LogP contribution is -2.43. The molecule has 1 N–H and O–H groups in total. The molecule has 108 valence electrons. The summed E-state index contributed by atoms with van der Waals surface area (Å²) < 4.78 is 0. The molecule has 0 aromatic heterocycles. The minimum Gasteiger partial charge on any atom is -0.480 e. The number of likely N-dealkylation sites (tertiary alicyclic amines) is 2. The standard InChI is InChI=1S/C14H24N2O3/c1-11-5-2-3-8-15(11)10-7-13(17)16-9-4-6-12(16)14(18)19/h11-12H,2-10H2,1H3,(H,18,19). The first-order valence-corrected chi connectivity index (χ1v) is 7.36. The van der Waals surface area contributed by atoms with Crippen molar-refractivity contribution in [3.63, 3.8) is 0 Å². The molecule has 5 nitrogen and oxygen atoms in total. The van der Waals surface area contributed by atoms with Gasteiger partial charge in [-0.1, -0.05) is 6.42 Å². The maximum Gasteiger partial charge on any atom is 0.326 e. The van der Waals surface area contributed by atoms with E-state index < -0.39 is 12.0 Å². The highest BCUT2D eigenvalue weighted by Crippen LogP contribution is 2.20. The molecule has 5 heteroatoms. The molecule has 1 amide bonds. The third-order valence-electron chi connectivity index (χ3n) is 4.41. The molecular formula is C14H24N2O3. The molecule has 2 fully saturated rings. The van der Waals surface area contributed by atoms with Gasteiger partial charge in [0.25, 0.3) is 0 Å². The predicted molar refractivity (Wildman–Crippen MR) is 71.9 cm³/mol. The van der Waals surface area contributed by atoms with Gasteiger partial charge in [0, 0.05) is 25.6 Å². The Morgan fingerprint density at radius 2 is 1.95 bits per heavy atom. The van der Waals surface area contributed by atoms with E-state index in [9.17, 15) is 9.59 Å². The Bertz CT molecular complexity index is 346. The van der Waals surface area contributed by atoms with E-state index in [1.54, 1.807) is 4.90 Å². The molecule has 2 aliphatic heterocycles. The summed E-state index contributed by atoms with van der Waals surface area (Å²) in [6.45, 7) is 4.64. The van der Waals surface area contributed by atoms with Crippen molar-refractivity contribution < 1.29 is 14.7 Å². The molecule has 2 atom stereocenters. The first-order valence-electron chi connectivity index (χ1n) is 7.36. The van der Waals surface area contributed by atoms with Gasteiger partial charge < -0.3 is 14.9 Å². The van der Waals surface area contributed by atoms with Gasteiger partial charge in [0.15, 0.2) is 0 Å². The van der Waals surface area contributed by atoms with Crippen LogP contribution in [0.2, 0.25) is 0 Å². The highest BCUT2D eigenvalue weighted by molar-refractivity contribution is 5.84. The minimum absolute atomic E-state index is 0.00248. The van der Waals surface area contributed by atoms with E-state index in [2.05, 4.69) is 11.8 Å². The van der Waals surface area contributed by atoms with E-state index in [1.165, 1.54) is 19.3 Å². The number of rotatable bonds is 4. The van der Waals surface area contributed by atoms with E-state index in [0.717, 1.165) is 19.5 Å². The van der Waals surface area contributed by atoms with E-state index >= 15 is 0 Å². The molecule has 2 heterocycles. The Hall–Kier alpha value is -1.10. The van der Waals surface area contributed by atoms with Crippen molar-refractivity contribution in [1.29, 1.82) is 0 Å². The average molecular weight is 268 g/mol. The van der Waals surface area contributed by atoms with Crippen LogP contribution in [0.5, 0.6) is 0 Å². The van der Waals surface area contributed by atoms with Crippen molar-refractivity contribution in [3.05, 3.63) is 0 Å². The summed E-state index contributed by atoms with van der Waals surface area (Å²) in [6.07, 6.45) is 5.55. The average Bonchev–Trinajstić information content (AvgIpc) is 2.87. The molecule has 0 bridgehead atoms. The molecule has 0 spiro atoms. The number of carbonyl (C=O) groups excluding carboxylic acids is 1. The highest BCUT2D eigenvalue weighted by atomic mass is 16.4. The summed E-state index contributed by atoms with van der Waals surface area (Å²) in [6, 6.07) is -0.0401. The number of carboxylic acids is 1. The summed E-state index contributed by atoms with van der Waals surface area (Å²) >= 11 is 0. The second-order valence-electron chi connectivity index (χ2n) is 5.71. The Balaban J connectivity index is 1.82. The van der Waals surface area contributed by atoms with Crippen molar-refractivity contribution in [2.24, 2.45) is 0 Å². The van der Waals surface area contributed by atoms with Gasteiger partial charge in [-0.25, -0.2) is 4.79 Å². The van der Waals surface area contributed by atoms with Gasteiger partial charge in [-0.3, -0.25) is 4.79 Å². The zero-order valence-corrected chi connectivity index (χ0v) is 11.7. The summed E-state index contributed by atoms with van der Waals surface area (Å²) in [5, 5.41) is 9.09. The van der Waals surface area contributed by atoms with Crippen LogP contribution in [0.25, 0.3) is 0 Å².